The lowest BCUT2D eigenvalue weighted by atomic mass is 10.1. The van der Waals surface area contributed by atoms with Gasteiger partial charge in [-0.25, -0.2) is 4.79 Å². The second kappa shape index (κ2) is 5.75. The van der Waals surface area contributed by atoms with Gasteiger partial charge in [0, 0.05) is 18.5 Å². The van der Waals surface area contributed by atoms with Crippen molar-refractivity contribution in [1.82, 2.24) is 10.2 Å². The number of rotatable bonds is 3. The van der Waals surface area contributed by atoms with Gasteiger partial charge in [0.2, 0.25) is 5.91 Å². The van der Waals surface area contributed by atoms with Crippen LogP contribution in [0.2, 0.25) is 0 Å². The van der Waals surface area contributed by atoms with Crippen LogP contribution in [-0.2, 0) is 9.53 Å². The van der Waals surface area contributed by atoms with Crippen molar-refractivity contribution in [3.63, 3.8) is 0 Å². The number of carbonyl (C=O) groups is 2. The highest BCUT2D eigenvalue weighted by atomic mass is 16.6. The third-order valence-corrected chi connectivity index (χ3v) is 5.39. The third kappa shape index (κ3) is 3.37. The molecule has 1 saturated heterocycles. The van der Waals surface area contributed by atoms with Gasteiger partial charge in [0.25, 0.3) is 0 Å². The first-order valence-corrected chi connectivity index (χ1v) is 9.18. The molecule has 4 rings (SSSR count). The van der Waals surface area contributed by atoms with Crippen molar-refractivity contribution in [2.75, 3.05) is 6.54 Å². The Morgan fingerprint density at radius 1 is 1.16 bits per heavy atom. The van der Waals surface area contributed by atoms with Crippen LogP contribution >= 0.6 is 0 Å². The average molecular weight is 342 g/mol. The van der Waals surface area contributed by atoms with Gasteiger partial charge >= 0.3 is 6.09 Å². The number of amides is 2. The number of carbonyl (C=O) groups excluding carboxylic acids is 2. The molecule has 0 aromatic heterocycles. The van der Waals surface area contributed by atoms with E-state index >= 15 is 0 Å². The van der Waals surface area contributed by atoms with E-state index in [4.69, 9.17) is 4.74 Å². The number of benzene rings is 1. The van der Waals surface area contributed by atoms with Gasteiger partial charge in [-0.2, -0.15) is 0 Å². The van der Waals surface area contributed by atoms with Crippen LogP contribution in [0.4, 0.5) is 4.79 Å². The zero-order valence-corrected chi connectivity index (χ0v) is 15.1. The first-order valence-electron chi connectivity index (χ1n) is 9.18. The fraction of sp³-hybridized carbons (Fsp3) is 0.600. The van der Waals surface area contributed by atoms with Gasteiger partial charge in [-0.3, -0.25) is 9.69 Å². The summed E-state index contributed by atoms with van der Waals surface area (Å²) in [6.45, 7) is 6.20. The largest absolute Gasteiger partial charge is 0.444 e. The van der Waals surface area contributed by atoms with Crippen molar-refractivity contribution in [3.05, 3.63) is 35.9 Å². The zero-order chi connectivity index (χ0) is 17.8. The predicted molar refractivity (Wildman–Crippen MR) is 94.1 cm³/mol. The highest BCUT2D eigenvalue weighted by Crippen LogP contribution is 2.50. The highest BCUT2D eigenvalue weighted by molar-refractivity contribution is 5.88. The molecular weight excluding hydrogens is 316 g/mol. The maximum atomic E-state index is 12.8. The summed E-state index contributed by atoms with van der Waals surface area (Å²) < 4.78 is 5.49. The summed E-state index contributed by atoms with van der Waals surface area (Å²) in [5, 5.41) is 3.16. The molecule has 5 atom stereocenters. The van der Waals surface area contributed by atoms with Crippen molar-refractivity contribution in [2.45, 2.75) is 57.2 Å². The topological polar surface area (TPSA) is 58.6 Å². The second-order valence-corrected chi connectivity index (χ2v) is 8.61. The van der Waals surface area contributed by atoms with E-state index in [-0.39, 0.29) is 24.1 Å². The molecule has 1 aliphatic heterocycles. The summed E-state index contributed by atoms with van der Waals surface area (Å²) in [6, 6.07) is 10.1. The van der Waals surface area contributed by atoms with Crippen LogP contribution < -0.4 is 5.32 Å². The molecule has 5 heteroatoms. The van der Waals surface area contributed by atoms with E-state index in [9.17, 15) is 9.59 Å². The number of likely N-dealkylation sites (tertiary alicyclic amines) is 1. The Labute approximate surface area is 148 Å². The van der Waals surface area contributed by atoms with Gasteiger partial charge in [-0.1, -0.05) is 30.3 Å². The molecule has 3 aliphatic rings. The Bertz CT molecular complexity index is 682. The zero-order valence-electron chi connectivity index (χ0n) is 15.1. The van der Waals surface area contributed by atoms with Crippen molar-refractivity contribution >= 4 is 12.0 Å². The molecule has 2 unspecified atom stereocenters. The molecule has 134 valence electrons. The average Bonchev–Trinajstić information content (AvgIpc) is 3.44. The van der Waals surface area contributed by atoms with Crippen LogP contribution in [0.5, 0.6) is 0 Å². The molecule has 2 aliphatic carbocycles. The maximum Gasteiger partial charge on any atom is 0.410 e. The van der Waals surface area contributed by atoms with E-state index in [1.54, 1.807) is 4.90 Å². The van der Waals surface area contributed by atoms with Crippen LogP contribution in [0.15, 0.2) is 30.3 Å². The standard InChI is InChI=1S/C20H26N2O3/c1-20(2,3)25-19(24)22-11-13-9-15(13)17(22)18(23)21-16-10-14(16)12-7-5-4-6-8-12/h4-8,13-17H,9-11H2,1-3H3,(H,21,23)/t13-,14?,15-,16?,17+/m1/s1. The SMILES string of the molecule is CC(C)(C)OC(=O)N1C[C@H]2C[C@H]2[C@H]1C(=O)NC1CC1c1ccccc1. The van der Waals surface area contributed by atoms with Gasteiger partial charge in [0.05, 0.1) is 0 Å². The maximum absolute atomic E-state index is 12.8. The van der Waals surface area contributed by atoms with E-state index in [0.717, 1.165) is 12.8 Å². The summed E-state index contributed by atoms with van der Waals surface area (Å²) in [5.74, 6) is 1.16. The van der Waals surface area contributed by atoms with Crippen molar-refractivity contribution in [2.24, 2.45) is 11.8 Å². The van der Waals surface area contributed by atoms with Gasteiger partial charge in [0.15, 0.2) is 0 Å². The second-order valence-electron chi connectivity index (χ2n) is 8.61. The molecule has 1 N–H and O–H groups in total. The summed E-state index contributed by atoms with van der Waals surface area (Å²) >= 11 is 0. The Morgan fingerprint density at radius 2 is 1.88 bits per heavy atom. The quantitative estimate of drug-likeness (QED) is 0.919. The van der Waals surface area contributed by atoms with Crippen LogP contribution in [0, 0.1) is 11.8 Å². The molecule has 0 radical (unpaired) electrons. The molecule has 0 bridgehead atoms. The summed E-state index contributed by atoms with van der Waals surface area (Å²) in [4.78, 5) is 26.9. The Balaban J connectivity index is 1.38. The molecule has 0 spiro atoms. The van der Waals surface area contributed by atoms with Gasteiger partial charge in [-0.15, -0.1) is 0 Å². The number of nitrogens with zero attached hydrogens (tertiary/aromatic N) is 1. The molecule has 1 heterocycles. The van der Waals surface area contributed by atoms with E-state index < -0.39 is 5.60 Å². The monoisotopic (exact) mass is 342 g/mol. The Kier molecular flexibility index (Phi) is 3.78. The van der Waals surface area contributed by atoms with E-state index in [2.05, 4.69) is 17.4 Å². The molecule has 2 amide bonds. The number of fused-ring (bicyclic) bond motifs is 1. The molecule has 3 fully saturated rings. The van der Waals surface area contributed by atoms with E-state index in [0.29, 0.717) is 24.3 Å². The minimum atomic E-state index is -0.542. The van der Waals surface area contributed by atoms with E-state index in [1.165, 1.54) is 5.56 Å². The van der Waals surface area contributed by atoms with Crippen molar-refractivity contribution < 1.29 is 14.3 Å². The molecule has 1 aromatic rings. The lowest BCUT2D eigenvalue weighted by Gasteiger charge is -2.29. The minimum absolute atomic E-state index is 0.0145. The fourth-order valence-corrected chi connectivity index (χ4v) is 4.00. The third-order valence-electron chi connectivity index (χ3n) is 5.39. The van der Waals surface area contributed by atoms with Crippen LogP contribution in [0.3, 0.4) is 0 Å². The summed E-state index contributed by atoms with van der Waals surface area (Å²) in [6.07, 6.45) is 1.66. The lowest BCUT2D eigenvalue weighted by molar-refractivity contribution is -0.126. The molecule has 5 nitrogen and oxygen atoms in total. The van der Waals surface area contributed by atoms with Gasteiger partial charge in [0.1, 0.15) is 11.6 Å². The number of hydrogen-bond acceptors (Lipinski definition) is 3. The molecule has 25 heavy (non-hydrogen) atoms. The first-order chi connectivity index (χ1) is 11.8. The lowest BCUT2D eigenvalue weighted by Crippen LogP contribution is -2.50. The van der Waals surface area contributed by atoms with E-state index in [1.807, 2.05) is 39.0 Å². The Hall–Kier alpha value is -2.04. The van der Waals surface area contributed by atoms with Crippen molar-refractivity contribution in [3.8, 4) is 0 Å². The number of hydrogen-bond donors (Lipinski definition) is 1. The molecular formula is C20H26N2O3. The summed E-state index contributed by atoms with van der Waals surface area (Å²) in [5.41, 5.74) is 0.729. The normalized spacial score (nSPS) is 32.8. The van der Waals surface area contributed by atoms with Crippen LogP contribution in [-0.4, -0.2) is 41.1 Å². The predicted octanol–water partition coefficient (Wildman–Crippen LogP) is 2.91. The van der Waals surface area contributed by atoms with Crippen molar-refractivity contribution in [1.29, 1.82) is 0 Å². The van der Waals surface area contributed by atoms with Gasteiger partial charge < -0.3 is 10.1 Å². The van der Waals surface area contributed by atoms with Crippen LogP contribution in [0.25, 0.3) is 0 Å². The minimum Gasteiger partial charge on any atom is -0.444 e. The Morgan fingerprint density at radius 3 is 2.56 bits per heavy atom. The number of ether oxygens (including phenoxy) is 1. The first kappa shape index (κ1) is 16.4. The number of piperidine rings is 1. The highest BCUT2D eigenvalue weighted by Gasteiger charge is 2.58. The molecule has 2 saturated carbocycles. The molecule has 1 aromatic carbocycles. The van der Waals surface area contributed by atoms with Gasteiger partial charge in [-0.05, 0) is 51.0 Å². The summed E-state index contributed by atoms with van der Waals surface area (Å²) in [7, 11) is 0. The fourth-order valence-electron chi connectivity index (χ4n) is 4.00. The van der Waals surface area contributed by atoms with Crippen LogP contribution in [0.1, 0.15) is 45.1 Å². The number of nitrogens with one attached hydrogen (secondary N) is 1. The smallest absolute Gasteiger partial charge is 0.410 e.